The normalized spacial score (nSPS) is 12.1. The van der Waals surface area contributed by atoms with Crippen LogP contribution in [0.1, 0.15) is 12.5 Å². The Kier molecular flexibility index (Phi) is 4.38. The van der Waals surface area contributed by atoms with E-state index in [0.717, 1.165) is 10.4 Å². The van der Waals surface area contributed by atoms with E-state index in [1.165, 1.54) is 13.0 Å². The van der Waals surface area contributed by atoms with E-state index >= 15 is 0 Å². The molecule has 1 aromatic carbocycles. The van der Waals surface area contributed by atoms with Gasteiger partial charge >= 0.3 is 0 Å². The van der Waals surface area contributed by atoms with Crippen molar-refractivity contribution in [2.75, 3.05) is 5.75 Å². The van der Waals surface area contributed by atoms with Crippen LogP contribution >= 0.6 is 11.3 Å². The lowest BCUT2D eigenvalue weighted by Crippen LogP contribution is -2.04. The van der Waals surface area contributed by atoms with Crippen molar-refractivity contribution in [2.24, 2.45) is 0 Å². The second-order valence-electron chi connectivity index (χ2n) is 4.12. The van der Waals surface area contributed by atoms with Crippen LogP contribution in [0, 0.1) is 11.3 Å². The van der Waals surface area contributed by atoms with Gasteiger partial charge in [0.1, 0.15) is 11.0 Å². The zero-order chi connectivity index (χ0) is 14.6. The molecule has 2 aromatic rings. The first-order valence-corrected chi connectivity index (χ1v) is 8.58. The Hall–Kier alpha value is -1.90. The molecule has 0 aliphatic rings. The highest BCUT2D eigenvalue weighted by Crippen LogP contribution is 2.25. The molecule has 0 radical (unpaired) electrons. The Morgan fingerprint density at radius 1 is 1.30 bits per heavy atom. The highest BCUT2D eigenvalue weighted by molar-refractivity contribution is 7.95. The minimum atomic E-state index is -3.46. The van der Waals surface area contributed by atoms with E-state index in [0.29, 0.717) is 5.56 Å². The van der Waals surface area contributed by atoms with Crippen molar-refractivity contribution in [2.45, 2.75) is 6.92 Å². The van der Waals surface area contributed by atoms with Crippen LogP contribution in [-0.4, -0.2) is 14.2 Å². The van der Waals surface area contributed by atoms with Gasteiger partial charge in [-0.2, -0.15) is 5.26 Å². The van der Waals surface area contributed by atoms with Crippen molar-refractivity contribution in [3.05, 3.63) is 52.2 Å². The van der Waals surface area contributed by atoms with Crippen molar-refractivity contribution in [3.63, 3.8) is 0 Å². The van der Waals surface area contributed by atoms with Gasteiger partial charge in [-0.1, -0.05) is 37.3 Å². The zero-order valence-electron chi connectivity index (χ0n) is 10.9. The average Bonchev–Trinajstić information content (AvgIpc) is 2.99. The summed E-state index contributed by atoms with van der Waals surface area (Å²) >= 11 is 1.64. The molecule has 0 saturated heterocycles. The third-order valence-electron chi connectivity index (χ3n) is 2.84. The third kappa shape index (κ3) is 3.16. The van der Waals surface area contributed by atoms with Crippen molar-refractivity contribution in [1.29, 1.82) is 5.26 Å². The zero-order valence-corrected chi connectivity index (χ0v) is 12.5. The molecule has 0 aliphatic carbocycles. The number of allylic oxidation sites excluding steroid dienone is 1. The highest BCUT2D eigenvalue weighted by atomic mass is 32.2. The highest BCUT2D eigenvalue weighted by Gasteiger charge is 2.14. The van der Waals surface area contributed by atoms with E-state index in [9.17, 15) is 8.42 Å². The molecular formula is C15H13NO2S2. The number of thiophene rings is 1. The number of benzene rings is 1. The van der Waals surface area contributed by atoms with E-state index in [4.69, 9.17) is 5.26 Å². The monoisotopic (exact) mass is 303 g/mol. The van der Waals surface area contributed by atoms with Crippen LogP contribution in [0.25, 0.3) is 16.5 Å². The molecule has 0 bridgehead atoms. The summed E-state index contributed by atoms with van der Waals surface area (Å²) in [4.78, 5) is 0.964. The molecule has 2 rings (SSSR count). The average molecular weight is 303 g/mol. The number of hydrogen-bond acceptors (Lipinski definition) is 4. The SMILES string of the molecule is CCS(=O)(=O)/C(C#N)=C\c1ccc(-c2cccs2)cc1. The van der Waals surface area contributed by atoms with Crippen molar-refractivity contribution < 1.29 is 8.42 Å². The van der Waals surface area contributed by atoms with Crippen LogP contribution in [0.4, 0.5) is 0 Å². The second-order valence-corrected chi connectivity index (χ2v) is 7.32. The van der Waals surface area contributed by atoms with E-state index in [-0.39, 0.29) is 10.7 Å². The molecule has 0 N–H and O–H groups in total. The molecule has 20 heavy (non-hydrogen) atoms. The maximum atomic E-state index is 11.7. The van der Waals surface area contributed by atoms with Crippen LogP contribution in [0.2, 0.25) is 0 Å². The van der Waals surface area contributed by atoms with Gasteiger partial charge in [-0.25, -0.2) is 8.42 Å². The first-order chi connectivity index (χ1) is 9.56. The smallest absolute Gasteiger partial charge is 0.188 e. The van der Waals surface area contributed by atoms with Gasteiger partial charge in [0.15, 0.2) is 9.84 Å². The molecule has 5 heteroatoms. The Balaban J connectivity index is 2.34. The predicted octanol–water partition coefficient (Wildman–Crippen LogP) is 3.71. The summed E-state index contributed by atoms with van der Waals surface area (Å²) in [6.07, 6.45) is 1.41. The fourth-order valence-corrected chi connectivity index (χ4v) is 3.18. The van der Waals surface area contributed by atoms with Gasteiger partial charge < -0.3 is 0 Å². The van der Waals surface area contributed by atoms with Gasteiger partial charge in [0.05, 0.1) is 5.75 Å². The standard InChI is InChI=1S/C15H13NO2S2/c1-2-20(17,18)14(11-16)10-12-5-7-13(8-6-12)15-4-3-9-19-15/h3-10H,2H2,1H3/b14-10-. The summed E-state index contributed by atoms with van der Waals surface area (Å²) in [5, 5.41) is 11.0. The lowest BCUT2D eigenvalue weighted by molar-refractivity contribution is 0.604. The summed E-state index contributed by atoms with van der Waals surface area (Å²) in [5.41, 5.74) is 1.79. The first-order valence-electron chi connectivity index (χ1n) is 6.05. The number of rotatable bonds is 4. The molecule has 0 fully saturated rings. The van der Waals surface area contributed by atoms with Gasteiger partial charge in [-0.05, 0) is 28.6 Å². The first kappa shape index (κ1) is 14.5. The lowest BCUT2D eigenvalue weighted by atomic mass is 10.1. The van der Waals surface area contributed by atoms with Crippen LogP contribution in [0.5, 0.6) is 0 Å². The number of nitriles is 1. The summed E-state index contributed by atoms with van der Waals surface area (Å²) < 4.78 is 23.4. The molecular weight excluding hydrogens is 290 g/mol. The van der Waals surface area contributed by atoms with E-state index < -0.39 is 9.84 Å². The quantitative estimate of drug-likeness (QED) is 0.809. The number of sulfone groups is 1. The third-order valence-corrected chi connectivity index (χ3v) is 5.40. The molecule has 0 saturated carbocycles. The summed E-state index contributed by atoms with van der Waals surface area (Å²) in [7, 11) is -3.46. The Morgan fingerprint density at radius 2 is 2.00 bits per heavy atom. The minimum Gasteiger partial charge on any atom is -0.223 e. The van der Waals surface area contributed by atoms with E-state index in [1.54, 1.807) is 17.4 Å². The summed E-state index contributed by atoms with van der Waals surface area (Å²) in [6.45, 7) is 1.53. The Morgan fingerprint density at radius 3 is 2.50 bits per heavy atom. The van der Waals surface area contributed by atoms with Gasteiger partial charge in [-0.3, -0.25) is 0 Å². The Labute approximate surface area is 122 Å². The maximum Gasteiger partial charge on any atom is 0.188 e. The molecule has 0 unspecified atom stereocenters. The molecule has 102 valence electrons. The predicted molar refractivity (Wildman–Crippen MR) is 82.8 cm³/mol. The van der Waals surface area contributed by atoms with Crippen molar-refractivity contribution >= 4 is 27.3 Å². The van der Waals surface area contributed by atoms with Crippen LogP contribution in [0.3, 0.4) is 0 Å². The molecule has 1 heterocycles. The topological polar surface area (TPSA) is 57.9 Å². The van der Waals surface area contributed by atoms with Crippen molar-refractivity contribution in [3.8, 4) is 16.5 Å². The van der Waals surface area contributed by atoms with E-state index in [1.807, 2.05) is 41.8 Å². The largest absolute Gasteiger partial charge is 0.223 e. The fraction of sp³-hybridized carbons (Fsp3) is 0.133. The molecule has 3 nitrogen and oxygen atoms in total. The van der Waals surface area contributed by atoms with Gasteiger partial charge in [0.25, 0.3) is 0 Å². The summed E-state index contributed by atoms with van der Waals surface area (Å²) in [6, 6.07) is 13.2. The van der Waals surface area contributed by atoms with Crippen LogP contribution < -0.4 is 0 Å². The molecule has 0 atom stereocenters. The van der Waals surface area contributed by atoms with Gasteiger partial charge in [0.2, 0.25) is 0 Å². The van der Waals surface area contributed by atoms with Crippen LogP contribution in [0.15, 0.2) is 46.7 Å². The molecule has 0 spiro atoms. The second kappa shape index (κ2) is 6.04. The lowest BCUT2D eigenvalue weighted by Gasteiger charge is -2.01. The van der Waals surface area contributed by atoms with Gasteiger partial charge in [-0.15, -0.1) is 11.3 Å². The van der Waals surface area contributed by atoms with Gasteiger partial charge in [0, 0.05) is 4.88 Å². The summed E-state index contributed by atoms with van der Waals surface area (Å²) in [5.74, 6) is -0.0698. The number of nitrogens with zero attached hydrogens (tertiary/aromatic N) is 1. The van der Waals surface area contributed by atoms with Crippen LogP contribution in [-0.2, 0) is 9.84 Å². The van der Waals surface area contributed by atoms with E-state index in [2.05, 4.69) is 0 Å². The Bertz CT molecular complexity index is 749. The molecule has 1 aromatic heterocycles. The molecule has 0 aliphatic heterocycles. The maximum absolute atomic E-state index is 11.7. The fourth-order valence-electron chi connectivity index (χ4n) is 1.68. The number of hydrogen-bond donors (Lipinski definition) is 0. The minimum absolute atomic E-state index is 0.0698. The molecule has 0 amide bonds. The van der Waals surface area contributed by atoms with Crippen molar-refractivity contribution in [1.82, 2.24) is 0 Å².